The first-order valence-electron chi connectivity index (χ1n) is 8.20. The molecule has 0 aromatic carbocycles. The van der Waals surface area contributed by atoms with Crippen LogP contribution in [0.25, 0.3) is 0 Å². The van der Waals surface area contributed by atoms with Crippen LogP contribution in [0.5, 0.6) is 0 Å². The predicted octanol–water partition coefficient (Wildman–Crippen LogP) is 2.42. The summed E-state index contributed by atoms with van der Waals surface area (Å²) in [4.78, 5) is 0. The molecule has 0 aromatic rings. The zero-order valence-corrected chi connectivity index (χ0v) is 14.7. The van der Waals surface area contributed by atoms with Gasteiger partial charge in [0.05, 0.1) is 10.2 Å². The maximum Gasteiger partial charge on any atom is 0.0906 e. The lowest BCUT2D eigenvalue weighted by Gasteiger charge is -2.18. The van der Waals surface area contributed by atoms with Crippen molar-refractivity contribution >= 4 is 21.2 Å². The molecule has 0 spiro atoms. The summed E-state index contributed by atoms with van der Waals surface area (Å²) in [5.41, 5.74) is 3.10. The molecular weight excluding hydrogens is 272 g/mol. The van der Waals surface area contributed by atoms with Gasteiger partial charge < -0.3 is 0 Å². The van der Waals surface area contributed by atoms with Crippen molar-refractivity contribution < 1.29 is 0 Å². The molecule has 0 aromatic heterocycles. The summed E-state index contributed by atoms with van der Waals surface area (Å²) >= 11 is 0. The summed E-state index contributed by atoms with van der Waals surface area (Å²) in [6.07, 6.45) is 21.7. The molecule has 0 aliphatic heterocycles. The van der Waals surface area contributed by atoms with E-state index in [2.05, 4.69) is 17.4 Å². The lowest BCUT2D eigenvalue weighted by Crippen LogP contribution is -2.04. The van der Waals surface area contributed by atoms with Crippen molar-refractivity contribution in [3.05, 3.63) is 0 Å². The Morgan fingerprint density at radius 3 is 1.65 bits per heavy atom. The molecule has 20 heavy (non-hydrogen) atoms. The van der Waals surface area contributed by atoms with E-state index < -0.39 is 0 Å². The molecule has 0 amide bonds. The second kappa shape index (κ2) is 13.5. The Morgan fingerprint density at radius 1 is 0.800 bits per heavy atom. The summed E-state index contributed by atoms with van der Waals surface area (Å²) in [5, 5.41) is 0. The first-order chi connectivity index (χ1) is 9.36. The molecule has 2 aliphatic carbocycles. The first-order valence-corrected chi connectivity index (χ1v) is 9.20. The molecule has 0 saturated heterocycles. The van der Waals surface area contributed by atoms with E-state index in [0.717, 1.165) is 28.5 Å². The average Bonchev–Trinajstić information content (AvgIpc) is 2.48. The van der Waals surface area contributed by atoms with Gasteiger partial charge in [-0.2, -0.15) is 0 Å². The summed E-state index contributed by atoms with van der Waals surface area (Å²) in [6.45, 7) is 0. The van der Waals surface area contributed by atoms with Gasteiger partial charge in [-0.3, -0.25) is 0 Å². The molecule has 0 N–H and O–H groups in total. The van der Waals surface area contributed by atoms with Gasteiger partial charge in [0.15, 0.2) is 0 Å². The molecule has 0 unspecified atom stereocenters. The van der Waals surface area contributed by atoms with E-state index in [0.29, 0.717) is 0 Å². The molecule has 0 bridgehead atoms. The van der Waals surface area contributed by atoms with Crippen LogP contribution in [0.15, 0.2) is 0 Å². The second-order valence-corrected chi connectivity index (χ2v) is 6.55. The normalized spacial score (nSPS) is 19.6. The monoisotopic (exact) mass is 306 g/mol. The Balaban J connectivity index is 0.000000345. The molecule has 2 fully saturated rings. The van der Waals surface area contributed by atoms with Gasteiger partial charge in [-0.15, -0.1) is 23.8 Å². The van der Waals surface area contributed by atoms with Gasteiger partial charge in [0.25, 0.3) is 0 Å². The van der Waals surface area contributed by atoms with E-state index in [1.165, 1.54) is 70.6 Å². The quantitative estimate of drug-likeness (QED) is 0.543. The van der Waals surface area contributed by atoms with Crippen molar-refractivity contribution in [3.63, 3.8) is 0 Å². The molecule has 2 heteroatoms. The molecule has 2 rings (SSSR count). The van der Waals surface area contributed by atoms with Gasteiger partial charge in [-0.05, 0) is 48.5 Å². The molecule has 0 heterocycles. The fourth-order valence-electron chi connectivity index (χ4n) is 3.20. The number of hydrogen-bond acceptors (Lipinski definition) is 0. The average molecular weight is 307 g/mol. The van der Waals surface area contributed by atoms with Crippen LogP contribution < -0.4 is 0 Å². The lowest BCUT2D eigenvalue weighted by molar-refractivity contribution is 0.365. The van der Waals surface area contributed by atoms with Gasteiger partial charge in [0.1, 0.15) is 0 Å². The SMILES string of the molecule is C#CCC1CCCCC1.[SiH3]C#CCC1CCCCC1.[SiH4]. The number of terminal acetylenes is 1. The topological polar surface area (TPSA) is 0 Å². The molecule has 114 valence electrons. The Hall–Kier alpha value is -0.446. The van der Waals surface area contributed by atoms with E-state index in [9.17, 15) is 0 Å². The van der Waals surface area contributed by atoms with Crippen LogP contribution in [-0.2, 0) is 0 Å². The Morgan fingerprint density at radius 2 is 1.25 bits per heavy atom. The molecular formula is C18H34Si2. The van der Waals surface area contributed by atoms with E-state index in [1.807, 2.05) is 0 Å². The maximum absolute atomic E-state index is 5.21. The van der Waals surface area contributed by atoms with Gasteiger partial charge >= 0.3 is 0 Å². The van der Waals surface area contributed by atoms with Crippen molar-refractivity contribution in [1.29, 1.82) is 0 Å². The van der Waals surface area contributed by atoms with Crippen LogP contribution in [0.3, 0.4) is 0 Å². The van der Waals surface area contributed by atoms with E-state index >= 15 is 0 Å². The summed E-state index contributed by atoms with van der Waals surface area (Å²) in [6, 6.07) is 0. The smallest absolute Gasteiger partial charge is 0.0906 e. The molecule has 0 atom stereocenters. The third-order valence-corrected chi connectivity index (χ3v) is 4.78. The van der Waals surface area contributed by atoms with E-state index in [1.54, 1.807) is 0 Å². The largest absolute Gasteiger partial charge is 0.144 e. The van der Waals surface area contributed by atoms with Crippen molar-refractivity contribution in [2.75, 3.05) is 0 Å². The third-order valence-electron chi connectivity index (χ3n) is 4.42. The van der Waals surface area contributed by atoms with Crippen molar-refractivity contribution in [2.24, 2.45) is 11.8 Å². The highest BCUT2D eigenvalue weighted by atomic mass is 28.1. The summed E-state index contributed by atoms with van der Waals surface area (Å²) in [5.74, 6) is 7.79. The first kappa shape index (κ1) is 19.6. The van der Waals surface area contributed by atoms with Crippen molar-refractivity contribution in [1.82, 2.24) is 0 Å². The maximum atomic E-state index is 5.21. The Labute approximate surface area is 134 Å². The van der Waals surface area contributed by atoms with E-state index in [-0.39, 0.29) is 11.0 Å². The Kier molecular flexibility index (Phi) is 13.2. The fourth-order valence-corrected chi connectivity index (χ4v) is 3.40. The second-order valence-electron chi connectivity index (χ2n) is 6.05. The van der Waals surface area contributed by atoms with Gasteiger partial charge in [-0.1, -0.05) is 38.5 Å². The zero-order chi connectivity index (χ0) is 13.8. The predicted molar refractivity (Wildman–Crippen MR) is 100 cm³/mol. The molecule has 0 radical (unpaired) electrons. The third kappa shape index (κ3) is 9.46. The minimum atomic E-state index is 0. The highest BCUT2D eigenvalue weighted by Gasteiger charge is 2.11. The minimum absolute atomic E-state index is 0. The van der Waals surface area contributed by atoms with Crippen molar-refractivity contribution in [2.45, 2.75) is 77.0 Å². The van der Waals surface area contributed by atoms with E-state index in [4.69, 9.17) is 6.42 Å². The number of hydrogen-bond donors (Lipinski definition) is 0. The van der Waals surface area contributed by atoms with Gasteiger partial charge in [0, 0.05) is 12.8 Å². The standard InChI is InChI=1S/C9H16Si.C9H14.H4Si/c10-8-4-7-9-5-2-1-3-6-9;1-2-6-9-7-4-3-5-8-9;/h9H,1-3,5-7H2,10H3;1,9H,3-8H2;1H4. The van der Waals surface area contributed by atoms with Crippen LogP contribution >= 0.6 is 0 Å². The highest BCUT2D eigenvalue weighted by molar-refractivity contribution is 6.22. The van der Waals surface area contributed by atoms with Gasteiger partial charge in [-0.25, -0.2) is 0 Å². The summed E-state index contributed by atoms with van der Waals surface area (Å²) < 4.78 is 0. The minimum Gasteiger partial charge on any atom is -0.144 e. The fraction of sp³-hybridized carbons (Fsp3) is 0.778. The zero-order valence-electron chi connectivity index (χ0n) is 12.7. The van der Waals surface area contributed by atoms with Crippen molar-refractivity contribution in [3.8, 4) is 23.8 Å². The summed E-state index contributed by atoms with van der Waals surface area (Å²) in [7, 11) is 1.06. The molecule has 0 nitrogen and oxygen atoms in total. The van der Waals surface area contributed by atoms with Crippen LogP contribution in [0.2, 0.25) is 0 Å². The van der Waals surface area contributed by atoms with Crippen LogP contribution in [-0.4, -0.2) is 21.2 Å². The van der Waals surface area contributed by atoms with Crippen LogP contribution in [0.1, 0.15) is 77.0 Å². The van der Waals surface area contributed by atoms with Gasteiger partial charge in [0.2, 0.25) is 0 Å². The van der Waals surface area contributed by atoms with Crippen LogP contribution in [0.4, 0.5) is 0 Å². The molecule has 2 aliphatic rings. The Bertz CT molecular complexity index is 307. The highest BCUT2D eigenvalue weighted by Crippen LogP contribution is 2.26. The van der Waals surface area contributed by atoms with Crippen LogP contribution in [0, 0.1) is 35.6 Å². The number of rotatable bonds is 2. The lowest BCUT2D eigenvalue weighted by atomic mass is 9.87. The molecule has 2 saturated carbocycles.